The van der Waals surface area contributed by atoms with Gasteiger partial charge in [-0.3, -0.25) is 4.99 Å². The van der Waals surface area contributed by atoms with E-state index in [1.54, 1.807) is 6.08 Å². The lowest BCUT2D eigenvalue weighted by Crippen LogP contribution is -2.40. The minimum atomic E-state index is -4.57. The van der Waals surface area contributed by atoms with Crippen molar-refractivity contribution < 1.29 is 18.3 Å². The second kappa shape index (κ2) is 5.58. The first kappa shape index (κ1) is 15.7. The molecule has 1 heterocycles. The molecule has 0 fully saturated rings. The SMILES string of the molecule is C/C1=C/CCC2N=C(C(F)(F)F)C(N(C)C)=C(O)C2C=C1. The highest BCUT2D eigenvalue weighted by Gasteiger charge is 2.45. The van der Waals surface area contributed by atoms with Crippen molar-refractivity contribution in [2.75, 3.05) is 14.1 Å². The Morgan fingerprint density at radius 3 is 2.57 bits per heavy atom. The van der Waals surface area contributed by atoms with Crippen molar-refractivity contribution in [3.05, 3.63) is 35.3 Å². The van der Waals surface area contributed by atoms with Crippen molar-refractivity contribution >= 4 is 5.71 Å². The number of allylic oxidation sites excluding steroid dienone is 4. The molecule has 2 aliphatic rings. The smallest absolute Gasteiger partial charge is 0.435 e. The number of fused-ring (bicyclic) bond motifs is 1. The van der Waals surface area contributed by atoms with Crippen molar-refractivity contribution in [1.82, 2.24) is 4.90 Å². The average molecular weight is 300 g/mol. The van der Waals surface area contributed by atoms with Gasteiger partial charge >= 0.3 is 6.18 Å². The molecular formula is C15H19F3N2O. The molecule has 0 saturated carbocycles. The molecule has 0 aromatic carbocycles. The number of aliphatic hydroxyl groups is 1. The van der Waals surface area contributed by atoms with Gasteiger partial charge in [-0.1, -0.05) is 23.8 Å². The number of aliphatic hydroxyl groups excluding tert-OH is 1. The summed E-state index contributed by atoms with van der Waals surface area (Å²) in [5.74, 6) is -0.754. The van der Waals surface area contributed by atoms with Gasteiger partial charge in [-0.2, -0.15) is 13.2 Å². The van der Waals surface area contributed by atoms with E-state index in [0.717, 1.165) is 5.57 Å². The molecule has 0 spiro atoms. The van der Waals surface area contributed by atoms with Crippen LogP contribution in [0.25, 0.3) is 0 Å². The Kier molecular flexibility index (Phi) is 4.16. The molecule has 21 heavy (non-hydrogen) atoms. The lowest BCUT2D eigenvalue weighted by molar-refractivity contribution is -0.0603. The molecule has 1 aliphatic carbocycles. The summed E-state index contributed by atoms with van der Waals surface area (Å²) in [6.45, 7) is 1.93. The molecule has 3 nitrogen and oxygen atoms in total. The molecule has 0 radical (unpaired) electrons. The Morgan fingerprint density at radius 1 is 1.33 bits per heavy atom. The van der Waals surface area contributed by atoms with Crippen LogP contribution in [-0.4, -0.2) is 42.0 Å². The van der Waals surface area contributed by atoms with Crippen LogP contribution in [0.4, 0.5) is 13.2 Å². The third-order valence-corrected chi connectivity index (χ3v) is 3.70. The molecule has 0 bridgehead atoms. The predicted molar refractivity (Wildman–Crippen MR) is 76.2 cm³/mol. The van der Waals surface area contributed by atoms with E-state index in [1.165, 1.54) is 19.0 Å². The third kappa shape index (κ3) is 3.14. The van der Waals surface area contributed by atoms with Crippen LogP contribution in [-0.2, 0) is 0 Å². The first-order valence-corrected chi connectivity index (χ1v) is 6.82. The van der Waals surface area contributed by atoms with E-state index in [2.05, 4.69) is 4.99 Å². The highest BCUT2D eigenvalue weighted by atomic mass is 19.4. The summed E-state index contributed by atoms with van der Waals surface area (Å²) in [4.78, 5) is 5.18. The van der Waals surface area contributed by atoms with Gasteiger partial charge in [0.1, 0.15) is 11.5 Å². The number of halogens is 3. The molecule has 0 saturated heterocycles. The van der Waals surface area contributed by atoms with E-state index in [4.69, 9.17) is 0 Å². The van der Waals surface area contributed by atoms with Crippen LogP contribution in [0.5, 0.6) is 0 Å². The average Bonchev–Trinajstić information content (AvgIpc) is 2.32. The normalized spacial score (nSPS) is 29.0. The first-order valence-electron chi connectivity index (χ1n) is 6.82. The standard InChI is InChI=1S/C15H19F3N2O/c1-9-5-4-6-11-10(8-7-9)13(21)12(20(2)3)14(19-11)15(16,17)18/h5,7-8,10-11,21H,4,6H2,1-3H3/b8-7?,9-5-. The van der Waals surface area contributed by atoms with E-state index in [9.17, 15) is 18.3 Å². The topological polar surface area (TPSA) is 35.8 Å². The molecule has 0 aromatic rings. The fourth-order valence-corrected chi connectivity index (χ4v) is 2.69. The second-order valence-corrected chi connectivity index (χ2v) is 5.58. The van der Waals surface area contributed by atoms with Gasteiger partial charge in [0.05, 0.1) is 12.0 Å². The lowest BCUT2D eigenvalue weighted by atomic mass is 9.86. The Morgan fingerprint density at radius 2 is 2.00 bits per heavy atom. The largest absolute Gasteiger partial charge is 0.509 e. The molecule has 2 unspecified atom stereocenters. The number of alkyl halides is 3. The molecule has 0 aromatic heterocycles. The summed E-state index contributed by atoms with van der Waals surface area (Å²) < 4.78 is 39.6. The molecule has 1 aliphatic heterocycles. The number of rotatable bonds is 1. The van der Waals surface area contributed by atoms with Crippen molar-refractivity contribution in [2.45, 2.75) is 32.0 Å². The molecule has 2 atom stereocenters. The number of nitrogens with zero attached hydrogens (tertiary/aromatic N) is 2. The lowest BCUT2D eigenvalue weighted by Gasteiger charge is -2.33. The molecular weight excluding hydrogens is 281 g/mol. The first-order chi connectivity index (χ1) is 9.71. The van der Waals surface area contributed by atoms with Crippen LogP contribution in [0, 0.1) is 5.92 Å². The van der Waals surface area contributed by atoms with Gasteiger partial charge in [-0.25, -0.2) is 0 Å². The maximum Gasteiger partial charge on any atom is 0.435 e. The van der Waals surface area contributed by atoms with Crippen LogP contribution >= 0.6 is 0 Å². The van der Waals surface area contributed by atoms with E-state index in [-0.39, 0.29) is 11.5 Å². The summed E-state index contributed by atoms with van der Waals surface area (Å²) in [6.07, 6.45) is 2.10. The zero-order chi connectivity index (χ0) is 15.8. The van der Waals surface area contributed by atoms with Gasteiger partial charge in [0.15, 0.2) is 5.71 Å². The minimum Gasteiger partial charge on any atom is -0.509 e. The van der Waals surface area contributed by atoms with E-state index < -0.39 is 23.8 Å². The third-order valence-electron chi connectivity index (χ3n) is 3.70. The van der Waals surface area contributed by atoms with Gasteiger partial charge in [0.25, 0.3) is 0 Å². The summed E-state index contributed by atoms with van der Waals surface area (Å²) >= 11 is 0. The van der Waals surface area contributed by atoms with Crippen molar-refractivity contribution in [3.8, 4) is 0 Å². The minimum absolute atomic E-state index is 0.240. The maximum atomic E-state index is 13.2. The highest BCUT2D eigenvalue weighted by Crippen LogP contribution is 2.36. The predicted octanol–water partition coefficient (Wildman–Crippen LogP) is 3.62. The van der Waals surface area contributed by atoms with Gasteiger partial charge in [-0.05, 0) is 19.8 Å². The quantitative estimate of drug-likeness (QED) is 0.803. The maximum absolute atomic E-state index is 13.2. The number of dihydropyridines is 1. The zero-order valence-corrected chi connectivity index (χ0v) is 12.3. The van der Waals surface area contributed by atoms with Crippen molar-refractivity contribution in [3.63, 3.8) is 0 Å². The van der Waals surface area contributed by atoms with Crippen LogP contribution in [0.3, 0.4) is 0 Å². The fraction of sp³-hybridized carbons (Fsp3) is 0.533. The van der Waals surface area contributed by atoms with E-state index in [0.29, 0.717) is 12.8 Å². The van der Waals surface area contributed by atoms with Gasteiger partial charge in [0, 0.05) is 14.1 Å². The van der Waals surface area contributed by atoms with Crippen LogP contribution in [0.15, 0.2) is 40.2 Å². The van der Waals surface area contributed by atoms with Crippen LogP contribution in [0.1, 0.15) is 19.8 Å². The van der Waals surface area contributed by atoms with Crippen LogP contribution < -0.4 is 0 Å². The fourth-order valence-electron chi connectivity index (χ4n) is 2.69. The molecule has 6 heteroatoms. The summed E-state index contributed by atoms with van der Waals surface area (Å²) in [5, 5.41) is 10.4. The van der Waals surface area contributed by atoms with Crippen molar-refractivity contribution in [1.29, 1.82) is 0 Å². The molecule has 2 rings (SSSR count). The molecule has 1 N–H and O–H groups in total. The highest BCUT2D eigenvalue weighted by molar-refractivity contribution is 6.04. The Hall–Kier alpha value is -1.72. The Labute approximate surface area is 122 Å². The van der Waals surface area contributed by atoms with E-state index in [1.807, 2.05) is 19.1 Å². The summed E-state index contributed by atoms with van der Waals surface area (Å²) in [7, 11) is 2.95. The summed E-state index contributed by atoms with van der Waals surface area (Å²) in [5.41, 5.74) is -0.185. The number of hydrogen-bond donors (Lipinski definition) is 1. The van der Waals surface area contributed by atoms with Gasteiger partial charge in [-0.15, -0.1) is 0 Å². The Bertz CT molecular complexity index is 542. The number of hydrogen-bond acceptors (Lipinski definition) is 3. The Balaban J connectivity index is 2.52. The van der Waals surface area contributed by atoms with Crippen LogP contribution in [0.2, 0.25) is 0 Å². The number of aliphatic imine (C=N–C) groups is 1. The molecule has 0 amide bonds. The van der Waals surface area contributed by atoms with Gasteiger partial charge < -0.3 is 10.0 Å². The molecule has 116 valence electrons. The zero-order valence-electron chi connectivity index (χ0n) is 12.3. The second-order valence-electron chi connectivity index (χ2n) is 5.58. The van der Waals surface area contributed by atoms with E-state index >= 15 is 0 Å². The monoisotopic (exact) mass is 300 g/mol. The summed E-state index contributed by atoms with van der Waals surface area (Å²) in [6, 6.07) is -0.578. The van der Waals surface area contributed by atoms with Gasteiger partial charge in [0.2, 0.25) is 0 Å². The van der Waals surface area contributed by atoms with Crippen molar-refractivity contribution in [2.24, 2.45) is 10.9 Å².